The average Bonchev–Trinajstić information content (AvgIpc) is 3.13. The van der Waals surface area contributed by atoms with E-state index >= 15 is 0 Å². The van der Waals surface area contributed by atoms with Gasteiger partial charge in [-0.05, 0) is 23.2 Å². The van der Waals surface area contributed by atoms with Crippen LogP contribution in [0, 0.1) is 23.3 Å². The number of aromatic hydroxyl groups is 1. The third kappa shape index (κ3) is 5.14. The molecule has 1 fully saturated rings. The molecule has 3 amide bonds. The first-order valence-corrected chi connectivity index (χ1v) is 9.62. The lowest BCUT2D eigenvalue weighted by molar-refractivity contribution is -0.198. The Bertz CT molecular complexity index is 1230. The largest absolute Gasteiger partial charge is 0.508 e. The molecule has 0 radical (unpaired) electrons. The van der Waals surface area contributed by atoms with Crippen LogP contribution in [-0.4, -0.2) is 39.9 Å². The van der Waals surface area contributed by atoms with E-state index in [9.17, 15) is 41.8 Å². The normalized spacial score (nSPS) is 13.9. The van der Waals surface area contributed by atoms with E-state index in [1.807, 2.05) is 10.2 Å². The topological polar surface area (TPSA) is 162 Å². The van der Waals surface area contributed by atoms with Gasteiger partial charge < -0.3 is 15.3 Å². The van der Waals surface area contributed by atoms with Crippen LogP contribution in [0.3, 0.4) is 0 Å². The Morgan fingerprint density at radius 2 is 1.60 bits per heavy atom. The Labute approximate surface area is 192 Å². The quantitative estimate of drug-likeness (QED) is 0.150. The Morgan fingerprint density at radius 1 is 1.06 bits per heavy atom. The number of imide groups is 1. The molecule has 0 aliphatic carbocycles. The van der Waals surface area contributed by atoms with Gasteiger partial charge >= 0.3 is 5.97 Å². The molecule has 35 heavy (non-hydrogen) atoms. The molecule has 2 N–H and O–H groups in total. The predicted molar refractivity (Wildman–Crippen MR) is 105 cm³/mol. The first-order valence-electron chi connectivity index (χ1n) is 9.62. The zero-order valence-electron chi connectivity index (χ0n) is 17.3. The van der Waals surface area contributed by atoms with Gasteiger partial charge in [0.25, 0.3) is 17.7 Å². The van der Waals surface area contributed by atoms with Crippen LogP contribution in [-0.2, 0) is 25.6 Å². The van der Waals surface area contributed by atoms with Crippen LogP contribution in [0.5, 0.6) is 5.75 Å². The zero-order chi connectivity index (χ0) is 25.9. The van der Waals surface area contributed by atoms with Gasteiger partial charge in [-0.1, -0.05) is 17.2 Å². The van der Waals surface area contributed by atoms with Crippen molar-refractivity contribution in [1.82, 2.24) is 10.4 Å². The average molecular weight is 495 g/mol. The van der Waals surface area contributed by atoms with Crippen LogP contribution in [0.4, 0.5) is 23.2 Å². The molecule has 0 spiro atoms. The summed E-state index contributed by atoms with van der Waals surface area (Å²) in [5.41, 5.74) is 5.15. The third-order valence-electron chi connectivity index (χ3n) is 4.77. The smallest absolute Gasteiger partial charge is 0.355 e. The second-order valence-corrected chi connectivity index (χ2v) is 7.06. The summed E-state index contributed by atoms with van der Waals surface area (Å²) in [4.78, 5) is 55.4. The number of hydrogen-bond donors (Lipinski definition) is 2. The molecule has 1 atom stereocenters. The molecule has 0 aromatic heterocycles. The number of phenols is 1. The van der Waals surface area contributed by atoms with Gasteiger partial charge in [0.05, 0.1) is 0 Å². The van der Waals surface area contributed by atoms with E-state index in [0.717, 1.165) is 0 Å². The number of phenolic OH excluding ortho intramolecular Hbond substituents is 1. The van der Waals surface area contributed by atoms with E-state index < -0.39 is 70.7 Å². The molecule has 0 saturated carbocycles. The maximum atomic E-state index is 14.4. The van der Waals surface area contributed by atoms with Gasteiger partial charge in [0, 0.05) is 24.2 Å². The summed E-state index contributed by atoms with van der Waals surface area (Å²) in [5.74, 6) is -13.8. The van der Waals surface area contributed by atoms with Crippen LogP contribution in [0.15, 0.2) is 29.4 Å². The highest BCUT2D eigenvalue weighted by Crippen LogP contribution is 2.30. The summed E-state index contributed by atoms with van der Waals surface area (Å²) in [6.45, 7) is 0. The fourth-order valence-electron chi connectivity index (χ4n) is 3.05. The molecule has 1 saturated heterocycles. The first-order chi connectivity index (χ1) is 16.5. The van der Waals surface area contributed by atoms with Crippen molar-refractivity contribution in [3.05, 3.63) is 69.1 Å². The number of nitrogens with one attached hydrogen (secondary N) is 1. The van der Waals surface area contributed by atoms with E-state index in [1.165, 1.54) is 24.3 Å². The number of carbonyl (C=O) groups is 4. The van der Waals surface area contributed by atoms with Crippen molar-refractivity contribution in [3.8, 4) is 5.75 Å². The second-order valence-electron chi connectivity index (χ2n) is 7.06. The molecule has 0 unspecified atom stereocenters. The molecular weight excluding hydrogens is 482 g/mol. The number of nitrogens with zero attached hydrogens (tertiary/aromatic N) is 4. The molecule has 2 aromatic rings. The lowest BCUT2D eigenvalue weighted by Crippen LogP contribution is -2.47. The van der Waals surface area contributed by atoms with E-state index in [2.05, 4.69) is 5.11 Å². The molecule has 11 nitrogen and oxygen atoms in total. The SMILES string of the molecule is [N-]=[N+]=Nc1c(F)c(F)c(C(=O)N[C@@H](Cc2ccc(O)cc2)C(=O)ON2C(=O)CCC2=O)c(F)c1F. The molecular formula is C20H13F4N5O6. The van der Waals surface area contributed by atoms with Crippen LogP contribution >= 0.6 is 0 Å². The molecule has 15 heteroatoms. The van der Waals surface area contributed by atoms with E-state index in [1.54, 1.807) is 0 Å². The zero-order valence-corrected chi connectivity index (χ0v) is 17.3. The van der Waals surface area contributed by atoms with Gasteiger partial charge in [0.2, 0.25) is 0 Å². The molecule has 1 aliphatic rings. The minimum absolute atomic E-state index is 0.152. The molecule has 0 bridgehead atoms. The van der Waals surface area contributed by atoms with Crippen molar-refractivity contribution in [3.63, 3.8) is 0 Å². The monoisotopic (exact) mass is 495 g/mol. The maximum Gasteiger partial charge on any atom is 0.355 e. The highest BCUT2D eigenvalue weighted by molar-refractivity contribution is 6.02. The number of carbonyl (C=O) groups excluding carboxylic acids is 4. The number of hydrogen-bond acceptors (Lipinski definition) is 7. The van der Waals surface area contributed by atoms with Crippen LogP contribution in [0.2, 0.25) is 0 Å². The van der Waals surface area contributed by atoms with Crippen molar-refractivity contribution in [2.24, 2.45) is 5.11 Å². The van der Waals surface area contributed by atoms with Gasteiger partial charge in [-0.3, -0.25) is 14.4 Å². The number of azide groups is 1. The Morgan fingerprint density at radius 3 is 2.11 bits per heavy atom. The van der Waals surface area contributed by atoms with Crippen molar-refractivity contribution in [1.29, 1.82) is 0 Å². The molecule has 2 aromatic carbocycles. The van der Waals surface area contributed by atoms with Crippen molar-refractivity contribution < 1.29 is 46.7 Å². The van der Waals surface area contributed by atoms with E-state index in [4.69, 9.17) is 10.4 Å². The number of halogens is 4. The molecule has 182 valence electrons. The summed E-state index contributed by atoms with van der Waals surface area (Å²) < 4.78 is 56.9. The number of rotatable bonds is 7. The third-order valence-corrected chi connectivity index (χ3v) is 4.77. The summed E-state index contributed by atoms with van der Waals surface area (Å²) >= 11 is 0. The predicted octanol–water partition coefficient (Wildman–Crippen LogP) is 2.84. The Balaban J connectivity index is 1.95. The molecule has 3 rings (SSSR count). The number of benzene rings is 2. The summed E-state index contributed by atoms with van der Waals surface area (Å²) in [6, 6.07) is 3.22. The van der Waals surface area contributed by atoms with Crippen molar-refractivity contribution in [2.75, 3.05) is 0 Å². The minimum Gasteiger partial charge on any atom is -0.508 e. The maximum absolute atomic E-state index is 14.4. The van der Waals surface area contributed by atoms with Gasteiger partial charge in [-0.25, -0.2) is 22.4 Å². The van der Waals surface area contributed by atoms with E-state index in [-0.39, 0.29) is 29.2 Å². The lowest BCUT2D eigenvalue weighted by atomic mass is 10.0. The standard InChI is InChI=1S/C20H13F4N5O6/c21-14-13(15(22)17(24)18(16(14)23)27-28-25)19(33)26-10(7-8-1-3-9(30)4-2-8)20(34)35-29-11(31)5-6-12(29)32/h1-4,10,30H,5-7H2,(H,26,33)/t10-/m0/s1. The molecule has 1 heterocycles. The lowest BCUT2D eigenvalue weighted by Gasteiger charge is -2.21. The molecule has 1 aliphatic heterocycles. The highest BCUT2D eigenvalue weighted by atomic mass is 19.2. The van der Waals surface area contributed by atoms with Crippen LogP contribution < -0.4 is 5.32 Å². The summed E-state index contributed by atoms with van der Waals surface area (Å²) in [6.07, 6.45) is -0.937. The van der Waals surface area contributed by atoms with Crippen LogP contribution in [0.25, 0.3) is 10.4 Å². The Hall–Kier alpha value is -4.65. The fourth-order valence-corrected chi connectivity index (χ4v) is 3.05. The van der Waals surface area contributed by atoms with Gasteiger partial charge in [-0.15, -0.1) is 5.06 Å². The highest BCUT2D eigenvalue weighted by Gasteiger charge is 2.37. The first kappa shape index (κ1) is 25.0. The number of amides is 3. The Kier molecular flexibility index (Phi) is 7.20. The second kappa shape index (κ2) is 10.1. The van der Waals surface area contributed by atoms with Crippen LogP contribution in [0.1, 0.15) is 28.8 Å². The van der Waals surface area contributed by atoms with Gasteiger partial charge in [0.1, 0.15) is 23.0 Å². The fraction of sp³-hybridized carbons (Fsp3) is 0.200. The number of hydroxylamine groups is 2. The summed E-state index contributed by atoms with van der Waals surface area (Å²) in [5, 5.41) is 13.9. The van der Waals surface area contributed by atoms with Gasteiger partial charge in [-0.2, -0.15) is 0 Å². The summed E-state index contributed by atoms with van der Waals surface area (Å²) in [7, 11) is 0. The van der Waals surface area contributed by atoms with E-state index in [0.29, 0.717) is 0 Å². The van der Waals surface area contributed by atoms with Gasteiger partial charge in [0.15, 0.2) is 23.3 Å². The minimum atomic E-state index is -2.20. The van der Waals surface area contributed by atoms with Crippen molar-refractivity contribution in [2.45, 2.75) is 25.3 Å². The van der Waals surface area contributed by atoms with Crippen molar-refractivity contribution >= 4 is 29.4 Å².